The minimum absolute atomic E-state index is 0.00476. The fraction of sp³-hybridized carbons (Fsp3) is 0.286. The lowest BCUT2D eigenvalue weighted by Gasteiger charge is -2.24. The van der Waals surface area contributed by atoms with Crippen LogP contribution in [-0.4, -0.2) is 38.6 Å². The Bertz CT molecular complexity index is 1910. The summed E-state index contributed by atoms with van der Waals surface area (Å²) in [6.45, 7) is 6.37. The van der Waals surface area contributed by atoms with E-state index in [2.05, 4.69) is 46.4 Å². The summed E-state index contributed by atoms with van der Waals surface area (Å²) >= 11 is 4.04. The van der Waals surface area contributed by atoms with Crippen LogP contribution in [0.3, 0.4) is 0 Å². The van der Waals surface area contributed by atoms with E-state index in [9.17, 15) is 14.7 Å². The number of ketones is 1. The summed E-state index contributed by atoms with van der Waals surface area (Å²) < 4.78 is 6.62. The van der Waals surface area contributed by atoms with Crippen molar-refractivity contribution >= 4 is 62.0 Å². The Kier molecular flexibility index (Phi) is 9.81. The van der Waals surface area contributed by atoms with E-state index in [0.717, 1.165) is 24.3 Å². The van der Waals surface area contributed by atoms with Crippen LogP contribution in [0.2, 0.25) is 0 Å². The van der Waals surface area contributed by atoms with Gasteiger partial charge in [-0.1, -0.05) is 104 Å². The zero-order chi connectivity index (χ0) is 32.2. The third kappa shape index (κ3) is 6.58. The van der Waals surface area contributed by atoms with Gasteiger partial charge in [-0.2, -0.15) is 0 Å². The van der Waals surface area contributed by atoms with Crippen LogP contribution in [0.5, 0.6) is 5.75 Å². The Morgan fingerprint density at radius 3 is 2.52 bits per heavy atom. The van der Waals surface area contributed by atoms with E-state index >= 15 is 0 Å². The maximum Gasteiger partial charge on any atom is 0.296 e. The second-order valence-electron chi connectivity index (χ2n) is 11.1. The lowest BCUT2D eigenvalue weighted by atomic mass is 9.95. The number of amides is 1. The van der Waals surface area contributed by atoms with Crippen LogP contribution in [0.1, 0.15) is 70.1 Å². The maximum absolute atomic E-state index is 14.0. The largest absolute Gasteiger partial charge is 0.503 e. The molecule has 0 radical (unpaired) electrons. The molecule has 1 N–H and O–H groups in total. The molecule has 1 atom stereocenters. The first-order valence-corrected chi connectivity index (χ1v) is 17.9. The van der Waals surface area contributed by atoms with Gasteiger partial charge >= 0.3 is 0 Å². The summed E-state index contributed by atoms with van der Waals surface area (Å²) in [5.41, 5.74) is 2.39. The number of rotatable bonds is 13. The van der Waals surface area contributed by atoms with E-state index < -0.39 is 23.5 Å². The molecule has 236 valence electrons. The average molecular weight is 671 g/mol. The molecule has 46 heavy (non-hydrogen) atoms. The van der Waals surface area contributed by atoms with Crippen LogP contribution < -0.4 is 9.64 Å². The normalized spacial score (nSPS) is 14.9. The Balaban J connectivity index is 1.29. The summed E-state index contributed by atoms with van der Waals surface area (Å²) in [5, 5.41) is 23.4. The van der Waals surface area contributed by atoms with Crippen molar-refractivity contribution in [3.05, 3.63) is 105 Å². The molecule has 6 rings (SSSR count). The molecule has 5 aromatic rings. The summed E-state index contributed by atoms with van der Waals surface area (Å²) in [7, 11) is 0. The number of ether oxygens (including phenoxy) is 1. The third-order valence-corrected chi connectivity index (χ3v) is 11.0. The number of fused-ring (bicyclic) bond motifs is 1. The number of thiazole rings is 1. The Labute approximate surface area is 280 Å². The molecule has 3 aromatic carbocycles. The molecule has 3 heterocycles. The number of nitrogens with zero attached hydrogens (tertiary/aromatic N) is 4. The zero-order valence-corrected chi connectivity index (χ0v) is 28.3. The van der Waals surface area contributed by atoms with Crippen LogP contribution in [0.4, 0.5) is 5.13 Å². The van der Waals surface area contributed by atoms with E-state index in [1.54, 1.807) is 6.92 Å². The van der Waals surface area contributed by atoms with Crippen LogP contribution >= 0.6 is 34.4 Å². The van der Waals surface area contributed by atoms with Gasteiger partial charge in [-0.3, -0.25) is 14.5 Å². The van der Waals surface area contributed by atoms with Crippen LogP contribution in [0, 0.1) is 13.8 Å². The van der Waals surface area contributed by atoms with Gasteiger partial charge in [0, 0.05) is 5.75 Å². The monoisotopic (exact) mass is 670 g/mol. The highest BCUT2D eigenvalue weighted by Crippen LogP contribution is 2.45. The van der Waals surface area contributed by atoms with E-state index in [-0.39, 0.29) is 5.57 Å². The average Bonchev–Trinajstić information content (AvgIpc) is 3.74. The highest BCUT2D eigenvalue weighted by Gasteiger charge is 2.46. The summed E-state index contributed by atoms with van der Waals surface area (Å²) in [4.78, 5) is 33.9. The van der Waals surface area contributed by atoms with E-state index in [4.69, 9.17) is 4.74 Å². The number of benzene rings is 3. The fourth-order valence-electron chi connectivity index (χ4n) is 5.60. The number of thioether (sulfide) groups is 1. The first-order valence-electron chi connectivity index (χ1n) is 15.3. The van der Waals surface area contributed by atoms with Gasteiger partial charge in [0.05, 0.1) is 33.8 Å². The van der Waals surface area contributed by atoms with Crippen LogP contribution in [0.15, 0.2) is 82.4 Å². The Hall–Kier alpha value is -4.06. The van der Waals surface area contributed by atoms with E-state index in [0.29, 0.717) is 43.7 Å². The van der Waals surface area contributed by atoms with E-state index in [1.165, 1.54) is 62.1 Å². The van der Waals surface area contributed by atoms with Crippen molar-refractivity contribution in [3.8, 4) is 5.75 Å². The van der Waals surface area contributed by atoms with Gasteiger partial charge in [0.15, 0.2) is 10.1 Å². The van der Waals surface area contributed by atoms with Crippen LogP contribution in [0.25, 0.3) is 10.8 Å². The lowest BCUT2D eigenvalue weighted by Crippen LogP contribution is -2.31. The van der Waals surface area contributed by atoms with Gasteiger partial charge in [0.1, 0.15) is 5.75 Å². The number of unbranched alkanes of at least 4 members (excludes halogenated alkanes) is 3. The quantitative estimate of drug-likeness (QED) is 0.0574. The molecular weight excluding hydrogens is 637 g/mol. The molecule has 0 fully saturated rings. The van der Waals surface area contributed by atoms with Crippen LogP contribution in [-0.2, 0) is 10.5 Å². The number of aromatic nitrogens is 3. The van der Waals surface area contributed by atoms with Crippen molar-refractivity contribution in [3.63, 3.8) is 0 Å². The summed E-state index contributed by atoms with van der Waals surface area (Å²) in [6.07, 6.45) is 4.42. The van der Waals surface area contributed by atoms with E-state index in [1.807, 2.05) is 49.4 Å². The molecule has 0 spiro atoms. The van der Waals surface area contributed by atoms with Crippen molar-refractivity contribution in [2.45, 2.75) is 62.6 Å². The molecule has 2 aromatic heterocycles. The Morgan fingerprint density at radius 1 is 0.978 bits per heavy atom. The minimum atomic E-state index is -0.899. The van der Waals surface area contributed by atoms with Gasteiger partial charge in [0.25, 0.3) is 5.91 Å². The van der Waals surface area contributed by atoms with Crippen molar-refractivity contribution < 1.29 is 19.4 Å². The lowest BCUT2D eigenvalue weighted by molar-refractivity contribution is -0.117. The summed E-state index contributed by atoms with van der Waals surface area (Å²) in [6, 6.07) is 20.9. The molecule has 0 saturated carbocycles. The first kappa shape index (κ1) is 31.9. The Morgan fingerprint density at radius 2 is 1.76 bits per heavy atom. The molecular formula is C35H34N4O4S3. The second-order valence-corrected chi connectivity index (χ2v) is 14.5. The SMILES string of the molecule is CCCCCCOc1ccc(C2C(C(=O)c3sc(C)nc3C)=C(O)C(=O)N2c2nnc(SCc3cccc4ccccc34)s2)cc1. The molecule has 0 aliphatic carbocycles. The number of hydrogen-bond acceptors (Lipinski definition) is 10. The highest BCUT2D eigenvalue weighted by molar-refractivity contribution is 8.00. The zero-order valence-electron chi connectivity index (χ0n) is 25.9. The number of aryl methyl sites for hydroxylation is 2. The van der Waals surface area contributed by atoms with Crippen molar-refractivity contribution in [2.24, 2.45) is 0 Å². The number of anilines is 1. The summed E-state index contributed by atoms with van der Waals surface area (Å²) in [5.74, 6) is -0.325. The molecule has 11 heteroatoms. The molecule has 0 saturated heterocycles. The molecule has 0 bridgehead atoms. The topological polar surface area (TPSA) is 106 Å². The van der Waals surface area contributed by atoms with Gasteiger partial charge in [-0.25, -0.2) is 4.98 Å². The van der Waals surface area contributed by atoms with Crippen molar-refractivity contribution in [2.75, 3.05) is 11.5 Å². The smallest absolute Gasteiger partial charge is 0.296 e. The van der Waals surface area contributed by atoms with Gasteiger partial charge in [-0.05, 0) is 54.3 Å². The fourth-order valence-corrected chi connectivity index (χ4v) is 8.34. The molecule has 1 unspecified atom stereocenters. The van der Waals surface area contributed by atoms with Gasteiger partial charge < -0.3 is 9.84 Å². The number of Topliss-reactive ketones (excluding diaryl/α,β-unsaturated/α-hetero) is 1. The number of aliphatic hydroxyl groups is 1. The van der Waals surface area contributed by atoms with Crippen molar-refractivity contribution in [1.29, 1.82) is 0 Å². The third-order valence-electron chi connectivity index (χ3n) is 7.86. The number of hydrogen-bond donors (Lipinski definition) is 1. The second kappa shape index (κ2) is 14.1. The maximum atomic E-state index is 14.0. The number of carbonyl (C=O) groups excluding carboxylic acids is 2. The minimum Gasteiger partial charge on any atom is -0.503 e. The predicted octanol–water partition coefficient (Wildman–Crippen LogP) is 8.80. The number of carbonyl (C=O) groups is 2. The molecule has 8 nitrogen and oxygen atoms in total. The molecule has 1 aliphatic rings. The molecule has 1 aliphatic heterocycles. The molecule has 1 amide bonds. The number of aliphatic hydroxyl groups excluding tert-OH is 1. The van der Waals surface area contributed by atoms with Gasteiger partial charge in [-0.15, -0.1) is 21.5 Å². The van der Waals surface area contributed by atoms with Gasteiger partial charge in [0.2, 0.25) is 10.9 Å². The first-order chi connectivity index (χ1) is 22.4. The highest BCUT2D eigenvalue weighted by atomic mass is 32.2. The predicted molar refractivity (Wildman–Crippen MR) is 185 cm³/mol. The standard InChI is InChI=1S/C35H34N4O4S3/c1-4-5-6-9-19-43-26-17-15-24(16-18-26)29-28(30(40)32-21(2)36-22(3)45-32)31(41)33(42)39(29)34-37-38-35(46-34)44-20-25-13-10-12-23-11-7-8-14-27(23)25/h7-8,10-18,29,41H,4-6,9,19-20H2,1-3H3. The van der Waals surface area contributed by atoms with Crippen molar-refractivity contribution in [1.82, 2.24) is 15.2 Å².